The van der Waals surface area contributed by atoms with E-state index in [4.69, 9.17) is 38.4 Å². The molecule has 17 heteroatoms. The van der Waals surface area contributed by atoms with Crippen LogP contribution in [0.15, 0.2) is 222 Å². The number of hydrogen-bond acceptors (Lipinski definition) is 11. The SMILES string of the molecule is C#CC#CC.CO.CO.CS(=O)(=O)[O-].C[Si](C)(C)c1cccc2oc3c(-c4ccccn4)[c-]ccc3c12.C[Si](C)(C)c1cccc2oc3c(-c4ccccn4)cccc3c12.[B].[Ir].[Ir].[c-]1ccccc1-c1ccccn1.[c-]1ccccc1-c1ccccn1. The number of aliphatic hydroxyl groups is 2. The molecule has 0 aliphatic rings. The predicted octanol–water partition coefficient (Wildman–Crippen LogP) is 13.9. The third kappa shape index (κ3) is 22.5. The molecule has 0 amide bonds. The average Bonchev–Trinajstić information content (AvgIpc) is 2.53. The maximum Gasteiger partial charge on any atom is 0.144 e. The number of fused-ring (bicyclic) bond motifs is 6. The number of hydrogen-bond donors (Lipinski definition) is 2. The fourth-order valence-electron chi connectivity index (χ4n) is 8.54. The van der Waals surface area contributed by atoms with E-state index < -0.39 is 26.3 Å². The van der Waals surface area contributed by atoms with Crippen LogP contribution in [0.2, 0.25) is 39.3 Å². The smallest absolute Gasteiger partial charge is 0.144 e. The van der Waals surface area contributed by atoms with Crippen LogP contribution in [0.25, 0.3) is 88.9 Å². The Bertz CT molecular complexity index is 3840. The van der Waals surface area contributed by atoms with Gasteiger partial charge in [-0.15, -0.1) is 96.4 Å². The molecule has 0 saturated heterocycles. The molecule has 449 valence electrons. The van der Waals surface area contributed by atoms with E-state index in [0.717, 1.165) is 87.0 Å². The van der Waals surface area contributed by atoms with Crippen molar-refractivity contribution in [3.05, 3.63) is 231 Å². The molecular formula is C70H68BIr2N4O7SSi2-4. The Kier molecular flexibility index (Phi) is 32.7. The standard InChI is InChI=1S/C20H19NOSi.C20H18NOSi.2C11H8N.C5H4.CH4O3S.2CH4O.B.2Ir/c2*1-23(2,3)18-12-7-11-17-19(18)15-9-6-8-14(20(15)22-17)16-10-4-5-13-21-16;2*1-2-6-10(7-3-1)11-8-4-5-9-12-11;1-3-5-4-2;1-5(2,3)4;2*1-2;;;/h4-13H,1-3H3;4-7,9-13H,1-3H3;2*1-6,8-9H;1H,2H3;1H3,(H,2,3,4);2*2H,1H3;;;/q;3*-1;;;;;;;/p-1. The average molecular weight is 1560 g/mol. The summed E-state index contributed by atoms with van der Waals surface area (Å²) in [6.45, 7) is 16.0. The summed E-state index contributed by atoms with van der Waals surface area (Å²) in [6, 6.07) is 72.1. The summed E-state index contributed by atoms with van der Waals surface area (Å²) in [7, 11) is -4.83. The minimum absolute atomic E-state index is 0. The summed E-state index contributed by atoms with van der Waals surface area (Å²) in [5.74, 6) is 7.08. The first-order valence-corrected chi connectivity index (χ1v) is 35.4. The second-order valence-electron chi connectivity index (χ2n) is 20.0. The molecule has 12 aromatic rings. The molecule has 11 nitrogen and oxygen atoms in total. The molecule has 5 radical (unpaired) electrons. The van der Waals surface area contributed by atoms with E-state index in [1.54, 1.807) is 25.5 Å². The molecule has 6 heterocycles. The van der Waals surface area contributed by atoms with Crippen LogP contribution in [0.3, 0.4) is 0 Å². The number of rotatable bonds is 6. The zero-order chi connectivity index (χ0) is 61.1. The molecule has 6 aromatic heterocycles. The van der Waals surface area contributed by atoms with Crippen LogP contribution in [0.4, 0.5) is 0 Å². The number of aromatic nitrogens is 4. The first-order chi connectivity index (χ1) is 40.5. The van der Waals surface area contributed by atoms with E-state index in [0.29, 0.717) is 6.26 Å². The summed E-state index contributed by atoms with van der Waals surface area (Å²) in [4.78, 5) is 17.4. The maximum atomic E-state index is 9.08. The van der Waals surface area contributed by atoms with Crippen LogP contribution in [-0.4, -0.2) is 88.2 Å². The van der Waals surface area contributed by atoms with Crippen LogP contribution < -0.4 is 10.4 Å². The molecule has 0 saturated carbocycles. The van der Waals surface area contributed by atoms with Gasteiger partial charge in [-0.1, -0.05) is 140 Å². The fourth-order valence-corrected chi connectivity index (χ4v) is 11.7. The van der Waals surface area contributed by atoms with E-state index in [9.17, 15) is 0 Å². The quantitative estimate of drug-likeness (QED) is 0.0701. The molecule has 0 spiro atoms. The summed E-state index contributed by atoms with van der Waals surface area (Å²) in [6.07, 6.45) is 12.5. The Labute approximate surface area is 543 Å². The summed E-state index contributed by atoms with van der Waals surface area (Å²) in [5, 5.41) is 21.8. The Morgan fingerprint density at radius 2 is 0.885 bits per heavy atom. The third-order valence-electron chi connectivity index (χ3n) is 12.0. The number of aliphatic hydroxyl groups excluding tert-OH is 2. The Balaban J connectivity index is 0.000000376. The van der Waals surface area contributed by atoms with Crippen molar-refractivity contribution >= 4 is 88.9 Å². The normalized spacial score (nSPS) is 10.1. The van der Waals surface area contributed by atoms with E-state index in [1.807, 2.05) is 134 Å². The number of para-hydroxylation sites is 1. The second kappa shape index (κ2) is 37.7. The van der Waals surface area contributed by atoms with Gasteiger partial charge in [0.15, 0.2) is 0 Å². The summed E-state index contributed by atoms with van der Waals surface area (Å²) in [5.41, 5.74) is 11.6. The molecule has 0 atom stereocenters. The van der Waals surface area contributed by atoms with Gasteiger partial charge < -0.3 is 38.6 Å². The predicted molar refractivity (Wildman–Crippen MR) is 356 cm³/mol. The Morgan fingerprint density at radius 1 is 0.494 bits per heavy atom. The van der Waals surface area contributed by atoms with Crippen LogP contribution in [0, 0.1) is 42.4 Å². The Hall–Kier alpha value is -7.73. The maximum absolute atomic E-state index is 9.08. The van der Waals surface area contributed by atoms with Gasteiger partial charge in [0.1, 0.15) is 16.7 Å². The van der Waals surface area contributed by atoms with Crippen molar-refractivity contribution in [3.63, 3.8) is 0 Å². The van der Waals surface area contributed by atoms with Crippen LogP contribution >= 0.6 is 0 Å². The molecule has 0 aliphatic carbocycles. The number of terminal acetylenes is 1. The van der Waals surface area contributed by atoms with Gasteiger partial charge in [-0.05, 0) is 89.6 Å². The van der Waals surface area contributed by atoms with Crippen LogP contribution in [-0.2, 0) is 50.3 Å². The zero-order valence-electron chi connectivity index (χ0n) is 50.2. The molecule has 87 heavy (non-hydrogen) atoms. The van der Waals surface area contributed by atoms with Gasteiger partial charge in [0.05, 0.1) is 37.5 Å². The monoisotopic (exact) mass is 1560 g/mol. The van der Waals surface area contributed by atoms with Gasteiger partial charge in [-0.2, -0.15) is 0 Å². The Morgan fingerprint density at radius 3 is 1.25 bits per heavy atom. The van der Waals surface area contributed by atoms with Crippen molar-refractivity contribution < 1.29 is 72.2 Å². The van der Waals surface area contributed by atoms with E-state index >= 15 is 0 Å². The first kappa shape index (κ1) is 75.4. The van der Waals surface area contributed by atoms with E-state index in [2.05, 4.69) is 156 Å². The van der Waals surface area contributed by atoms with Crippen molar-refractivity contribution in [1.29, 1.82) is 0 Å². The minimum Gasteiger partial charge on any atom is -0.748 e. The van der Waals surface area contributed by atoms with E-state index in [1.165, 1.54) is 26.5 Å². The summed E-state index contributed by atoms with van der Waals surface area (Å²) >= 11 is 0. The molecular weight excluding hydrogens is 1490 g/mol. The van der Waals surface area contributed by atoms with Crippen molar-refractivity contribution in [3.8, 4) is 69.2 Å². The molecule has 6 aromatic carbocycles. The van der Waals surface area contributed by atoms with Crippen LogP contribution in [0.5, 0.6) is 0 Å². The zero-order valence-corrected chi connectivity index (χ0v) is 57.8. The van der Waals surface area contributed by atoms with Gasteiger partial charge in [0.2, 0.25) is 0 Å². The van der Waals surface area contributed by atoms with E-state index in [-0.39, 0.29) is 48.6 Å². The number of benzene rings is 6. The fraction of sp³-hybridized carbons (Fsp3) is 0.143. The molecule has 12 rings (SSSR count). The third-order valence-corrected chi connectivity index (χ3v) is 16.0. The molecule has 2 N–H and O–H groups in total. The number of nitrogens with zero attached hydrogens (tertiary/aromatic N) is 4. The van der Waals surface area contributed by atoms with Gasteiger partial charge in [0.25, 0.3) is 0 Å². The van der Waals surface area contributed by atoms with Crippen molar-refractivity contribution in [2.24, 2.45) is 0 Å². The van der Waals surface area contributed by atoms with Gasteiger partial charge in [0, 0.05) is 116 Å². The second-order valence-corrected chi connectivity index (χ2v) is 31.5. The first-order valence-electron chi connectivity index (χ1n) is 26.5. The molecule has 0 unspecified atom stereocenters. The molecule has 0 bridgehead atoms. The van der Waals surface area contributed by atoms with Crippen LogP contribution in [0.1, 0.15) is 6.92 Å². The van der Waals surface area contributed by atoms with Gasteiger partial charge in [-0.25, -0.2) is 8.42 Å². The number of furan rings is 2. The van der Waals surface area contributed by atoms with Gasteiger partial charge >= 0.3 is 0 Å². The topological polar surface area (TPSA) is 175 Å². The largest absolute Gasteiger partial charge is 0.748 e. The molecule has 0 fully saturated rings. The summed E-state index contributed by atoms with van der Waals surface area (Å²) < 4.78 is 39.7. The van der Waals surface area contributed by atoms with Crippen molar-refractivity contribution in [2.75, 3.05) is 20.5 Å². The van der Waals surface area contributed by atoms with Crippen molar-refractivity contribution in [1.82, 2.24) is 19.9 Å². The minimum atomic E-state index is -3.92. The van der Waals surface area contributed by atoms with Gasteiger partial charge in [-0.3, -0.25) is 4.98 Å². The number of pyridine rings is 4. The molecule has 0 aliphatic heterocycles. The van der Waals surface area contributed by atoms with Crippen molar-refractivity contribution in [2.45, 2.75) is 46.2 Å².